The molecule has 1 aromatic heterocycles. The SMILES string of the molecule is Cc1c(Cl)cccc1-n1cnnc1C1CCCNC1. The normalized spacial score (nSPS) is 19.6. The Hall–Kier alpha value is -1.39. The highest BCUT2D eigenvalue weighted by Crippen LogP contribution is 2.27. The summed E-state index contributed by atoms with van der Waals surface area (Å²) in [6, 6.07) is 5.93. The van der Waals surface area contributed by atoms with E-state index in [0.29, 0.717) is 5.92 Å². The molecule has 3 rings (SSSR count). The standard InChI is InChI=1S/C14H17ClN4/c1-10-12(15)5-2-6-13(10)19-9-17-18-14(19)11-4-3-7-16-8-11/h2,5-6,9,11,16H,3-4,7-8H2,1H3. The van der Waals surface area contributed by atoms with Gasteiger partial charge in [0, 0.05) is 17.5 Å². The Labute approximate surface area is 117 Å². The Morgan fingerprint density at radius 2 is 2.32 bits per heavy atom. The number of piperidine rings is 1. The Morgan fingerprint density at radius 1 is 1.42 bits per heavy atom. The van der Waals surface area contributed by atoms with Crippen molar-refractivity contribution < 1.29 is 0 Å². The second-order valence-electron chi connectivity index (χ2n) is 4.99. The molecule has 1 saturated heterocycles. The molecule has 0 bridgehead atoms. The quantitative estimate of drug-likeness (QED) is 0.917. The van der Waals surface area contributed by atoms with E-state index in [1.165, 1.54) is 6.42 Å². The fraction of sp³-hybridized carbons (Fsp3) is 0.429. The summed E-state index contributed by atoms with van der Waals surface area (Å²) in [6.07, 6.45) is 4.12. The zero-order valence-corrected chi connectivity index (χ0v) is 11.7. The topological polar surface area (TPSA) is 42.7 Å². The zero-order valence-electron chi connectivity index (χ0n) is 10.9. The summed E-state index contributed by atoms with van der Waals surface area (Å²) >= 11 is 6.20. The van der Waals surface area contributed by atoms with Crippen molar-refractivity contribution in [3.05, 3.63) is 40.9 Å². The molecule has 1 atom stereocenters. The molecule has 2 heterocycles. The molecule has 1 aliphatic heterocycles. The Bertz CT molecular complexity index is 573. The molecule has 4 nitrogen and oxygen atoms in total. The third kappa shape index (κ3) is 2.38. The maximum Gasteiger partial charge on any atom is 0.141 e. The van der Waals surface area contributed by atoms with Crippen molar-refractivity contribution in [2.75, 3.05) is 13.1 Å². The predicted octanol–water partition coefficient (Wildman–Crippen LogP) is 2.70. The largest absolute Gasteiger partial charge is 0.316 e. The lowest BCUT2D eigenvalue weighted by Crippen LogP contribution is -2.30. The molecular weight excluding hydrogens is 260 g/mol. The van der Waals surface area contributed by atoms with Crippen molar-refractivity contribution in [1.29, 1.82) is 0 Å². The monoisotopic (exact) mass is 276 g/mol. The molecule has 1 aliphatic rings. The van der Waals surface area contributed by atoms with Gasteiger partial charge in [0.05, 0.1) is 5.69 Å². The van der Waals surface area contributed by atoms with Gasteiger partial charge in [-0.2, -0.15) is 0 Å². The molecule has 100 valence electrons. The molecule has 1 fully saturated rings. The maximum atomic E-state index is 6.20. The first kappa shape index (κ1) is 12.6. The lowest BCUT2D eigenvalue weighted by Gasteiger charge is -2.23. The average Bonchev–Trinajstić information content (AvgIpc) is 2.92. The van der Waals surface area contributed by atoms with Crippen molar-refractivity contribution in [2.24, 2.45) is 0 Å². The van der Waals surface area contributed by atoms with Crippen LogP contribution in [-0.2, 0) is 0 Å². The summed E-state index contributed by atoms with van der Waals surface area (Å²) in [5, 5.41) is 12.6. The molecule has 0 amide bonds. The van der Waals surface area contributed by atoms with Crippen LogP contribution in [0.4, 0.5) is 0 Å². The highest BCUT2D eigenvalue weighted by molar-refractivity contribution is 6.31. The average molecular weight is 277 g/mol. The molecule has 0 radical (unpaired) electrons. The number of nitrogens with zero attached hydrogens (tertiary/aromatic N) is 3. The second-order valence-corrected chi connectivity index (χ2v) is 5.39. The Balaban J connectivity index is 2.01. The fourth-order valence-electron chi connectivity index (χ4n) is 2.64. The van der Waals surface area contributed by atoms with Gasteiger partial charge in [-0.3, -0.25) is 4.57 Å². The molecule has 19 heavy (non-hydrogen) atoms. The number of aromatic nitrogens is 3. The first-order valence-electron chi connectivity index (χ1n) is 6.63. The van der Waals surface area contributed by atoms with Gasteiger partial charge in [-0.1, -0.05) is 17.7 Å². The van der Waals surface area contributed by atoms with Crippen molar-refractivity contribution in [3.8, 4) is 5.69 Å². The minimum Gasteiger partial charge on any atom is -0.316 e. The lowest BCUT2D eigenvalue weighted by molar-refractivity contribution is 0.442. The van der Waals surface area contributed by atoms with E-state index >= 15 is 0 Å². The van der Waals surface area contributed by atoms with Crippen LogP contribution < -0.4 is 5.32 Å². The summed E-state index contributed by atoms with van der Waals surface area (Å²) in [5.74, 6) is 1.45. The maximum absolute atomic E-state index is 6.20. The van der Waals surface area contributed by atoms with Gasteiger partial charge < -0.3 is 5.32 Å². The predicted molar refractivity (Wildman–Crippen MR) is 76.0 cm³/mol. The third-order valence-electron chi connectivity index (χ3n) is 3.73. The van der Waals surface area contributed by atoms with Crippen LogP contribution in [0, 0.1) is 6.92 Å². The highest BCUT2D eigenvalue weighted by Gasteiger charge is 2.21. The number of rotatable bonds is 2. The summed E-state index contributed by atoms with van der Waals surface area (Å²) in [6.45, 7) is 4.10. The van der Waals surface area contributed by atoms with Gasteiger partial charge in [-0.25, -0.2) is 0 Å². The number of nitrogens with one attached hydrogen (secondary N) is 1. The van der Waals surface area contributed by atoms with Crippen LogP contribution in [0.3, 0.4) is 0 Å². The van der Waals surface area contributed by atoms with Gasteiger partial charge in [-0.15, -0.1) is 10.2 Å². The smallest absolute Gasteiger partial charge is 0.141 e. The molecule has 0 spiro atoms. The van der Waals surface area contributed by atoms with Gasteiger partial charge in [-0.05, 0) is 44.0 Å². The van der Waals surface area contributed by atoms with E-state index in [9.17, 15) is 0 Å². The second kappa shape index (κ2) is 5.31. The summed E-state index contributed by atoms with van der Waals surface area (Å²) < 4.78 is 2.07. The molecular formula is C14H17ClN4. The number of hydrogen-bond donors (Lipinski definition) is 1. The number of hydrogen-bond acceptors (Lipinski definition) is 3. The van der Waals surface area contributed by atoms with Gasteiger partial charge in [0.1, 0.15) is 12.2 Å². The van der Waals surface area contributed by atoms with Gasteiger partial charge in [0.2, 0.25) is 0 Å². The zero-order chi connectivity index (χ0) is 13.2. The van der Waals surface area contributed by atoms with E-state index in [1.54, 1.807) is 6.33 Å². The molecule has 1 N–H and O–H groups in total. The van der Waals surface area contributed by atoms with Crippen LogP contribution in [0.2, 0.25) is 5.02 Å². The molecule has 1 unspecified atom stereocenters. The summed E-state index contributed by atoms with van der Waals surface area (Å²) in [7, 11) is 0. The van der Waals surface area contributed by atoms with Gasteiger partial charge >= 0.3 is 0 Å². The van der Waals surface area contributed by atoms with Crippen LogP contribution in [0.5, 0.6) is 0 Å². The van der Waals surface area contributed by atoms with Crippen LogP contribution in [-0.4, -0.2) is 27.9 Å². The fourth-order valence-corrected chi connectivity index (χ4v) is 2.81. The van der Waals surface area contributed by atoms with Crippen LogP contribution >= 0.6 is 11.6 Å². The van der Waals surface area contributed by atoms with Crippen LogP contribution in [0.25, 0.3) is 5.69 Å². The first-order chi connectivity index (χ1) is 9.27. The Kier molecular flexibility index (Phi) is 3.53. The molecule has 0 aliphatic carbocycles. The van der Waals surface area contributed by atoms with E-state index in [0.717, 1.165) is 41.6 Å². The van der Waals surface area contributed by atoms with E-state index in [2.05, 4.69) is 26.1 Å². The summed E-state index contributed by atoms with van der Waals surface area (Å²) in [4.78, 5) is 0. The van der Waals surface area contributed by atoms with Crippen molar-refractivity contribution >= 4 is 11.6 Å². The Morgan fingerprint density at radius 3 is 3.11 bits per heavy atom. The van der Waals surface area contributed by atoms with E-state index in [1.807, 2.05) is 19.1 Å². The minimum absolute atomic E-state index is 0.426. The number of benzene rings is 1. The molecule has 2 aromatic rings. The highest BCUT2D eigenvalue weighted by atomic mass is 35.5. The first-order valence-corrected chi connectivity index (χ1v) is 7.01. The van der Waals surface area contributed by atoms with Crippen LogP contribution in [0.15, 0.2) is 24.5 Å². The molecule has 1 aromatic carbocycles. The van der Waals surface area contributed by atoms with Crippen molar-refractivity contribution in [1.82, 2.24) is 20.1 Å². The van der Waals surface area contributed by atoms with E-state index < -0.39 is 0 Å². The minimum atomic E-state index is 0.426. The van der Waals surface area contributed by atoms with Crippen molar-refractivity contribution in [2.45, 2.75) is 25.7 Å². The summed E-state index contributed by atoms with van der Waals surface area (Å²) in [5.41, 5.74) is 2.13. The third-order valence-corrected chi connectivity index (χ3v) is 4.14. The lowest BCUT2D eigenvalue weighted by atomic mass is 9.98. The van der Waals surface area contributed by atoms with E-state index in [-0.39, 0.29) is 0 Å². The number of halogens is 1. The van der Waals surface area contributed by atoms with Crippen LogP contribution in [0.1, 0.15) is 30.1 Å². The van der Waals surface area contributed by atoms with Gasteiger partial charge in [0.15, 0.2) is 0 Å². The molecule has 0 saturated carbocycles. The van der Waals surface area contributed by atoms with Gasteiger partial charge in [0.25, 0.3) is 0 Å². The molecule has 5 heteroatoms. The van der Waals surface area contributed by atoms with Crippen molar-refractivity contribution in [3.63, 3.8) is 0 Å². The van der Waals surface area contributed by atoms with E-state index in [4.69, 9.17) is 11.6 Å².